The number of carbonyl (C=O) groups is 1. The van der Waals surface area contributed by atoms with Crippen LogP contribution in [0.2, 0.25) is 0 Å². The number of amides is 1. The van der Waals surface area contributed by atoms with E-state index in [-0.39, 0.29) is 24.1 Å². The average Bonchev–Trinajstić information content (AvgIpc) is 3.16. The predicted molar refractivity (Wildman–Crippen MR) is 98.4 cm³/mol. The van der Waals surface area contributed by atoms with Gasteiger partial charge in [-0.15, -0.1) is 0 Å². The summed E-state index contributed by atoms with van der Waals surface area (Å²) >= 11 is 0. The van der Waals surface area contributed by atoms with Crippen molar-refractivity contribution >= 4 is 6.09 Å². The van der Waals surface area contributed by atoms with Crippen LogP contribution in [0.15, 0.2) is 40.1 Å². The summed E-state index contributed by atoms with van der Waals surface area (Å²) in [6.45, 7) is 2.08. The van der Waals surface area contributed by atoms with Crippen LogP contribution in [0.1, 0.15) is 17.5 Å². The van der Waals surface area contributed by atoms with E-state index in [0.29, 0.717) is 31.7 Å². The highest BCUT2D eigenvalue weighted by Gasteiger charge is 2.47. The Morgan fingerprint density at radius 3 is 2.68 bits per heavy atom. The molecule has 0 radical (unpaired) electrons. The lowest BCUT2D eigenvalue weighted by atomic mass is 10.1. The number of halogens is 1. The van der Waals surface area contributed by atoms with Gasteiger partial charge in [0.25, 0.3) is 5.56 Å². The molecular formula is C19H21FN4O4. The van der Waals surface area contributed by atoms with E-state index < -0.39 is 11.2 Å². The van der Waals surface area contributed by atoms with Crippen LogP contribution < -0.4 is 11.2 Å². The molecular weight excluding hydrogens is 367 g/mol. The van der Waals surface area contributed by atoms with Crippen LogP contribution >= 0.6 is 0 Å². The van der Waals surface area contributed by atoms with Gasteiger partial charge < -0.3 is 14.6 Å². The second-order valence-corrected chi connectivity index (χ2v) is 7.20. The minimum atomic E-state index is -0.534. The molecule has 2 saturated heterocycles. The fourth-order valence-corrected chi connectivity index (χ4v) is 3.87. The Morgan fingerprint density at radius 1 is 1.14 bits per heavy atom. The molecule has 1 amide bonds. The largest absolute Gasteiger partial charge is 0.442 e. The number of hydrogen-bond donors (Lipinski definition) is 2. The van der Waals surface area contributed by atoms with Crippen molar-refractivity contribution in [3.05, 3.63) is 68.2 Å². The molecule has 28 heavy (non-hydrogen) atoms. The van der Waals surface area contributed by atoms with Crippen LogP contribution in [0, 0.1) is 5.82 Å². The van der Waals surface area contributed by atoms with Gasteiger partial charge in [0, 0.05) is 37.9 Å². The van der Waals surface area contributed by atoms with Gasteiger partial charge in [-0.05, 0) is 30.5 Å². The molecule has 148 valence electrons. The Hall–Kier alpha value is -2.94. The van der Waals surface area contributed by atoms with E-state index in [9.17, 15) is 18.8 Å². The number of fused-ring (bicyclic) bond motifs is 1. The Morgan fingerprint density at radius 2 is 1.93 bits per heavy atom. The number of H-pyrrole nitrogens is 2. The first-order valence-corrected chi connectivity index (χ1v) is 9.24. The molecule has 8 nitrogen and oxygen atoms in total. The number of carbonyl (C=O) groups excluding carboxylic acids is 1. The maximum atomic E-state index is 13.0. The number of aryl methyl sites for hydroxylation is 1. The van der Waals surface area contributed by atoms with Crippen LogP contribution in [-0.2, 0) is 17.7 Å². The third-order valence-electron chi connectivity index (χ3n) is 5.27. The summed E-state index contributed by atoms with van der Waals surface area (Å²) < 4.78 is 18.5. The van der Waals surface area contributed by atoms with Crippen molar-refractivity contribution in [2.45, 2.75) is 31.5 Å². The van der Waals surface area contributed by atoms with Crippen molar-refractivity contribution in [3.63, 3.8) is 0 Å². The Kier molecular flexibility index (Phi) is 4.99. The molecule has 2 aliphatic heterocycles. The highest BCUT2D eigenvalue weighted by molar-refractivity contribution is 5.71. The lowest BCUT2D eigenvalue weighted by Crippen LogP contribution is -2.39. The van der Waals surface area contributed by atoms with E-state index in [0.717, 1.165) is 18.4 Å². The molecule has 9 heteroatoms. The number of nitrogens with zero attached hydrogens (tertiary/aromatic N) is 2. The molecule has 4 rings (SSSR count). The molecule has 1 aromatic carbocycles. The fraction of sp³-hybridized carbons (Fsp3) is 0.421. The maximum absolute atomic E-state index is 13.0. The Labute approximate surface area is 159 Å². The van der Waals surface area contributed by atoms with Gasteiger partial charge in [0.1, 0.15) is 11.9 Å². The van der Waals surface area contributed by atoms with Gasteiger partial charge in [0.15, 0.2) is 0 Å². The van der Waals surface area contributed by atoms with E-state index >= 15 is 0 Å². The Bertz CT molecular complexity index is 971. The number of likely N-dealkylation sites (tertiary alicyclic amines) is 1. The molecule has 3 heterocycles. The van der Waals surface area contributed by atoms with Crippen LogP contribution in [0.25, 0.3) is 0 Å². The minimum absolute atomic E-state index is 0.0532. The first kappa shape index (κ1) is 18.4. The Balaban J connectivity index is 1.34. The van der Waals surface area contributed by atoms with E-state index in [1.807, 2.05) is 4.90 Å². The predicted octanol–water partition coefficient (Wildman–Crippen LogP) is 0.840. The molecule has 2 aromatic rings. The lowest BCUT2D eigenvalue weighted by Gasteiger charge is -2.22. The summed E-state index contributed by atoms with van der Waals surface area (Å²) in [6.07, 6.45) is 2.39. The van der Waals surface area contributed by atoms with Gasteiger partial charge in [-0.25, -0.2) is 14.0 Å². The summed E-state index contributed by atoms with van der Waals surface area (Å²) in [4.78, 5) is 43.6. The van der Waals surface area contributed by atoms with Crippen LogP contribution in [0.3, 0.4) is 0 Å². The average molecular weight is 388 g/mol. The summed E-state index contributed by atoms with van der Waals surface area (Å²) in [7, 11) is 0. The smallest absolute Gasteiger partial charge is 0.410 e. The third-order valence-corrected chi connectivity index (χ3v) is 5.27. The summed E-state index contributed by atoms with van der Waals surface area (Å²) in [5.41, 5.74) is 0.548. The first-order chi connectivity index (χ1) is 13.5. The molecule has 0 bridgehead atoms. The quantitative estimate of drug-likeness (QED) is 0.764. The van der Waals surface area contributed by atoms with Crippen molar-refractivity contribution in [2.75, 3.05) is 19.6 Å². The van der Waals surface area contributed by atoms with E-state index in [1.165, 1.54) is 18.3 Å². The van der Waals surface area contributed by atoms with Gasteiger partial charge in [0.2, 0.25) is 0 Å². The molecule has 0 aliphatic carbocycles. The normalized spacial score (nSPS) is 21.8. The van der Waals surface area contributed by atoms with Crippen LogP contribution in [0.4, 0.5) is 9.18 Å². The van der Waals surface area contributed by atoms with Crippen molar-refractivity contribution in [1.82, 2.24) is 19.8 Å². The first-order valence-electron chi connectivity index (χ1n) is 9.24. The molecule has 2 atom stereocenters. The van der Waals surface area contributed by atoms with E-state index in [1.54, 1.807) is 17.0 Å². The third kappa shape index (κ3) is 3.84. The summed E-state index contributed by atoms with van der Waals surface area (Å²) in [5, 5.41) is 0. The molecule has 2 N–H and O–H groups in total. The SMILES string of the molecule is O=C1O[C@@H]2CN(Cc3c[nH]c(=O)[nH]c3=O)C[C@@H]2N1CCCc1ccc(F)cc1. The summed E-state index contributed by atoms with van der Waals surface area (Å²) in [6, 6.07) is 6.31. The van der Waals surface area contributed by atoms with Gasteiger partial charge in [-0.2, -0.15) is 0 Å². The van der Waals surface area contributed by atoms with Crippen molar-refractivity contribution in [2.24, 2.45) is 0 Å². The highest BCUT2D eigenvalue weighted by Crippen LogP contribution is 2.27. The zero-order chi connectivity index (χ0) is 19.7. The van der Waals surface area contributed by atoms with Gasteiger partial charge >= 0.3 is 11.8 Å². The topological polar surface area (TPSA) is 98.5 Å². The lowest BCUT2D eigenvalue weighted by molar-refractivity contribution is 0.120. The van der Waals surface area contributed by atoms with E-state index in [4.69, 9.17) is 4.74 Å². The zero-order valence-corrected chi connectivity index (χ0v) is 15.2. The minimum Gasteiger partial charge on any atom is -0.442 e. The van der Waals surface area contributed by atoms with E-state index in [2.05, 4.69) is 9.97 Å². The number of aromatic amines is 2. The number of rotatable bonds is 6. The number of nitrogens with one attached hydrogen (secondary N) is 2. The molecule has 0 unspecified atom stereocenters. The van der Waals surface area contributed by atoms with Gasteiger partial charge in [0.05, 0.1) is 6.04 Å². The van der Waals surface area contributed by atoms with Crippen LogP contribution in [-0.4, -0.2) is 57.6 Å². The number of benzene rings is 1. The highest BCUT2D eigenvalue weighted by atomic mass is 19.1. The van der Waals surface area contributed by atoms with Crippen molar-refractivity contribution in [3.8, 4) is 0 Å². The number of hydrogen-bond acceptors (Lipinski definition) is 5. The monoisotopic (exact) mass is 388 g/mol. The maximum Gasteiger partial charge on any atom is 0.410 e. The van der Waals surface area contributed by atoms with Crippen molar-refractivity contribution < 1.29 is 13.9 Å². The molecule has 2 aliphatic rings. The van der Waals surface area contributed by atoms with Gasteiger partial charge in [-0.1, -0.05) is 12.1 Å². The fourth-order valence-electron chi connectivity index (χ4n) is 3.87. The van der Waals surface area contributed by atoms with Crippen molar-refractivity contribution in [1.29, 1.82) is 0 Å². The molecule has 0 saturated carbocycles. The molecule has 2 fully saturated rings. The molecule has 0 spiro atoms. The number of ether oxygens (including phenoxy) is 1. The standard InChI is InChI=1S/C19H21FN4O4/c20-14-5-3-12(4-6-14)2-1-7-24-15-10-23(11-16(15)28-19(24)27)9-13-8-21-18(26)22-17(13)25/h3-6,8,15-16H,1-2,7,9-11H2,(H2,21,22,25,26)/t15-,16+/m0/s1. The second kappa shape index (κ2) is 7.59. The summed E-state index contributed by atoms with van der Waals surface area (Å²) in [5.74, 6) is -0.262. The molecule has 1 aromatic heterocycles. The second-order valence-electron chi connectivity index (χ2n) is 7.20. The number of aromatic nitrogens is 2. The van der Waals surface area contributed by atoms with Crippen LogP contribution in [0.5, 0.6) is 0 Å². The van der Waals surface area contributed by atoms with Gasteiger partial charge in [-0.3, -0.25) is 14.7 Å². The zero-order valence-electron chi connectivity index (χ0n) is 15.2.